The smallest absolute Gasteiger partial charge is 0.408 e. The highest BCUT2D eigenvalue weighted by molar-refractivity contribution is 5.95. The molecule has 0 spiro atoms. The fourth-order valence-corrected chi connectivity index (χ4v) is 3.44. The molecule has 4 heterocycles. The summed E-state index contributed by atoms with van der Waals surface area (Å²) >= 11 is 0. The fourth-order valence-electron chi connectivity index (χ4n) is 3.44. The Morgan fingerprint density at radius 2 is 1.81 bits per heavy atom. The van der Waals surface area contributed by atoms with Gasteiger partial charge >= 0.3 is 6.18 Å². The minimum absolute atomic E-state index is 0.0518. The molecule has 4 aromatic heterocycles. The molecule has 0 saturated carbocycles. The van der Waals surface area contributed by atoms with Gasteiger partial charge in [-0.25, -0.2) is 14.5 Å². The first-order chi connectivity index (χ1) is 15.1. The van der Waals surface area contributed by atoms with E-state index in [2.05, 4.69) is 15.1 Å². The number of halogens is 3. The first kappa shape index (κ1) is 21.3. The van der Waals surface area contributed by atoms with Gasteiger partial charge in [0, 0.05) is 18.0 Å². The van der Waals surface area contributed by atoms with Crippen molar-refractivity contribution >= 4 is 10.9 Å². The Hall–Kier alpha value is -3.96. The number of pyridine rings is 2. The number of aromatic nitrogens is 5. The first-order valence-electron chi connectivity index (χ1n) is 9.25. The van der Waals surface area contributed by atoms with Gasteiger partial charge in [-0.15, -0.1) is 0 Å². The van der Waals surface area contributed by atoms with Crippen LogP contribution >= 0.6 is 0 Å². The summed E-state index contributed by atoms with van der Waals surface area (Å²) in [6, 6.07) is 3.34. The molecule has 0 saturated heterocycles. The predicted molar refractivity (Wildman–Crippen MR) is 107 cm³/mol. The Kier molecular flexibility index (Phi) is 5.07. The van der Waals surface area contributed by atoms with E-state index in [1.807, 2.05) is 0 Å². The second-order valence-electron chi connectivity index (χ2n) is 6.98. The van der Waals surface area contributed by atoms with E-state index in [1.165, 1.54) is 20.4 Å². The molecule has 32 heavy (non-hydrogen) atoms. The maximum atomic E-state index is 12.6. The Morgan fingerprint density at radius 1 is 1.06 bits per heavy atom. The molecule has 4 aromatic rings. The van der Waals surface area contributed by atoms with Crippen LogP contribution in [0.1, 0.15) is 5.56 Å². The van der Waals surface area contributed by atoms with Crippen LogP contribution in [-0.2, 0) is 6.54 Å². The van der Waals surface area contributed by atoms with E-state index in [9.17, 15) is 23.4 Å². The van der Waals surface area contributed by atoms with Crippen LogP contribution in [0.3, 0.4) is 0 Å². The zero-order valence-corrected chi connectivity index (χ0v) is 17.2. The number of rotatable bonds is 5. The third-order valence-corrected chi connectivity index (χ3v) is 4.82. The molecule has 4 rings (SSSR count). The van der Waals surface area contributed by atoms with E-state index in [1.54, 1.807) is 19.1 Å². The van der Waals surface area contributed by atoms with Gasteiger partial charge in [0.05, 0.1) is 37.2 Å². The van der Waals surface area contributed by atoms with E-state index in [-0.39, 0.29) is 28.4 Å². The highest BCUT2D eigenvalue weighted by Gasteiger charge is 2.29. The average Bonchev–Trinajstić information content (AvgIpc) is 3.28. The molecule has 12 heteroatoms. The van der Waals surface area contributed by atoms with Crippen LogP contribution in [0.25, 0.3) is 27.8 Å². The van der Waals surface area contributed by atoms with Gasteiger partial charge in [-0.3, -0.25) is 4.68 Å². The van der Waals surface area contributed by atoms with Gasteiger partial charge in [0.15, 0.2) is 5.75 Å². The molecule has 0 amide bonds. The largest absolute Gasteiger partial charge is 0.494 e. The molecule has 2 N–H and O–H groups in total. The quantitative estimate of drug-likeness (QED) is 0.480. The van der Waals surface area contributed by atoms with Crippen molar-refractivity contribution in [1.29, 1.82) is 0 Å². The third kappa shape index (κ3) is 3.63. The Labute approximate surface area is 179 Å². The maximum Gasteiger partial charge on any atom is 0.408 e. The lowest BCUT2D eigenvalue weighted by atomic mass is 10.1. The second-order valence-corrected chi connectivity index (χ2v) is 6.98. The van der Waals surface area contributed by atoms with E-state index >= 15 is 0 Å². The molecule has 0 aliphatic rings. The summed E-state index contributed by atoms with van der Waals surface area (Å²) < 4.78 is 50.0. The van der Waals surface area contributed by atoms with Crippen LogP contribution in [0.5, 0.6) is 23.4 Å². The van der Waals surface area contributed by atoms with Crippen molar-refractivity contribution in [1.82, 2.24) is 24.3 Å². The molecule has 0 bridgehead atoms. The van der Waals surface area contributed by atoms with Gasteiger partial charge in [-0.05, 0) is 24.6 Å². The van der Waals surface area contributed by atoms with Crippen LogP contribution in [0.15, 0.2) is 30.7 Å². The lowest BCUT2D eigenvalue weighted by Gasteiger charge is -2.09. The number of hydrogen-bond donors (Lipinski definition) is 2. The molecule has 0 aromatic carbocycles. The van der Waals surface area contributed by atoms with Crippen LogP contribution < -0.4 is 9.47 Å². The van der Waals surface area contributed by atoms with Crippen LogP contribution in [0.2, 0.25) is 0 Å². The molecule has 0 radical (unpaired) electrons. The van der Waals surface area contributed by atoms with Crippen LogP contribution in [0.4, 0.5) is 13.2 Å². The van der Waals surface area contributed by atoms with Gasteiger partial charge in [0.2, 0.25) is 11.8 Å². The van der Waals surface area contributed by atoms with Crippen LogP contribution in [-0.4, -0.2) is 54.9 Å². The number of fused-ring (bicyclic) bond motifs is 1. The first-order valence-corrected chi connectivity index (χ1v) is 9.25. The summed E-state index contributed by atoms with van der Waals surface area (Å²) in [5, 5.41) is 25.4. The summed E-state index contributed by atoms with van der Waals surface area (Å²) in [6.45, 7) is 0.404. The van der Waals surface area contributed by atoms with Crippen molar-refractivity contribution in [2.24, 2.45) is 0 Å². The number of alkyl halides is 3. The number of nitrogens with zero attached hydrogens (tertiary/aromatic N) is 5. The topological polar surface area (TPSA) is 107 Å². The van der Waals surface area contributed by atoms with Crippen molar-refractivity contribution in [2.75, 3.05) is 14.2 Å². The van der Waals surface area contributed by atoms with E-state index in [0.717, 1.165) is 17.0 Å². The van der Waals surface area contributed by atoms with E-state index < -0.39 is 18.6 Å². The lowest BCUT2D eigenvalue weighted by Crippen LogP contribution is -2.17. The summed E-state index contributed by atoms with van der Waals surface area (Å²) in [6.07, 6.45) is -0.766. The molecular weight excluding hydrogens is 431 g/mol. The van der Waals surface area contributed by atoms with Gasteiger partial charge in [0.1, 0.15) is 12.1 Å². The van der Waals surface area contributed by atoms with Gasteiger partial charge in [-0.2, -0.15) is 18.3 Å². The summed E-state index contributed by atoms with van der Waals surface area (Å²) in [5.74, 6) is -0.142. The number of aryl methyl sites for hydroxylation is 1. The summed E-state index contributed by atoms with van der Waals surface area (Å²) in [4.78, 5) is 8.61. The van der Waals surface area contributed by atoms with Gasteiger partial charge in [-0.1, -0.05) is 0 Å². The highest BCUT2D eigenvalue weighted by Crippen LogP contribution is 2.41. The van der Waals surface area contributed by atoms with Crippen molar-refractivity contribution in [2.45, 2.75) is 19.6 Å². The Balaban J connectivity index is 1.84. The molecule has 9 nitrogen and oxygen atoms in total. The lowest BCUT2D eigenvalue weighted by molar-refractivity contribution is -0.142. The molecule has 0 unspecified atom stereocenters. The van der Waals surface area contributed by atoms with Gasteiger partial charge in [0.25, 0.3) is 5.88 Å². The van der Waals surface area contributed by atoms with Crippen LogP contribution in [0, 0.1) is 6.92 Å². The normalized spacial score (nSPS) is 11.8. The number of methoxy groups -OCH3 is 2. The van der Waals surface area contributed by atoms with Crippen molar-refractivity contribution in [3.8, 4) is 40.3 Å². The summed E-state index contributed by atoms with van der Waals surface area (Å²) in [5.41, 5.74) is 1.70. The average molecular weight is 449 g/mol. The number of hydrogen-bond acceptors (Lipinski definition) is 7. The van der Waals surface area contributed by atoms with Crippen molar-refractivity contribution in [3.63, 3.8) is 0 Å². The molecule has 0 aliphatic carbocycles. The highest BCUT2D eigenvalue weighted by atomic mass is 19.4. The van der Waals surface area contributed by atoms with Crippen molar-refractivity contribution < 1.29 is 32.9 Å². The summed E-state index contributed by atoms with van der Waals surface area (Å²) in [7, 11) is 2.92. The van der Waals surface area contributed by atoms with E-state index in [0.29, 0.717) is 27.3 Å². The standard InChI is InChI=1S/C20H18F3N5O4/c1-10-4-13(11-5-14(31-2)17(32-3)24-6-11)26-16-15(10)18(29)28(19(16)30)12-7-25-27(8-12)9-20(21,22)23/h4-8,29-30H,9H2,1-3H3. The van der Waals surface area contributed by atoms with E-state index in [4.69, 9.17) is 9.47 Å². The zero-order chi connectivity index (χ0) is 23.2. The second kappa shape index (κ2) is 7.62. The Bertz CT molecular complexity index is 1310. The molecule has 0 atom stereocenters. The minimum Gasteiger partial charge on any atom is -0.494 e. The Morgan fingerprint density at radius 3 is 2.47 bits per heavy atom. The third-order valence-electron chi connectivity index (χ3n) is 4.82. The number of aromatic hydroxyl groups is 2. The van der Waals surface area contributed by atoms with Gasteiger partial charge < -0.3 is 19.7 Å². The monoisotopic (exact) mass is 449 g/mol. The number of ether oxygens (including phenoxy) is 2. The molecule has 0 aliphatic heterocycles. The minimum atomic E-state index is -4.46. The fraction of sp³-hybridized carbons (Fsp3) is 0.250. The zero-order valence-electron chi connectivity index (χ0n) is 17.2. The molecule has 0 fully saturated rings. The van der Waals surface area contributed by atoms with Crippen molar-refractivity contribution in [3.05, 3.63) is 36.3 Å². The molecule has 168 valence electrons. The maximum absolute atomic E-state index is 12.6. The molecular formula is C20H18F3N5O4. The predicted octanol–water partition coefficient (Wildman–Crippen LogP) is 3.58. The SMILES string of the molecule is COc1cc(-c2cc(C)c3c(O)n(-c4cnn(CC(F)(F)F)c4)c(O)c3n2)cnc1OC.